The number of aromatic nitrogens is 2. The van der Waals surface area contributed by atoms with Crippen LogP contribution in [0.2, 0.25) is 0 Å². The first kappa shape index (κ1) is 15.6. The summed E-state index contributed by atoms with van der Waals surface area (Å²) in [6, 6.07) is 14.1. The lowest BCUT2D eigenvalue weighted by atomic mass is 10.1. The molecule has 2 aromatic carbocycles. The molecule has 0 amide bonds. The number of nitrogens with zero attached hydrogens (tertiary/aromatic N) is 2. The van der Waals surface area contributed by atoms with Gasteiger partial charge in [0.05, 0.1) is 12.7 Å². The number of rotatable bonds is 3. The zero-order valence-electron chi connectivity index (χ0n) is 13.0. The topological polar surface area (TPSA) is 78.4 Å². The summed E-state index contributed by atoms with van der Waals surface area (Å²) in [6.07, 6.45) is 0. The van der Waals surface area contributed by atoms with Crippen LogP contribution in [0, 0.1) is 0 Å². The highest BCUT2D eigenvalue weighted by Crippen LogP contribution is 2.30. The molecule has 6 nitrogen and oxygen atoms in total. The first-order chi connectivity index (χ1) is 12.1. The lowest BCUT2D eigenvalue weighted by Gasteiger charge is -2.03. The predicted octanol–water partition coefficient (Wildman–Crippen LogP) is 4.28. The minimum atomic E-state index is -0.502. The molecular formula is C18H11BrN2O4. The second kappa shape index (κ2) is 6.18. The van der Waals surface area contributed by atoms with Gasteiger partial charge in [0.25, 0.3) is 5.89 Å². The third-order valence-electron chi connectivity index (χ3n) is 3.69. The van der Waals surface area contributed by atoms with Gasteiger partial charge >= 0.3 is 5.63 Å². The van der Waals surface area contributed by atoms with Crippen LogP contribution in [-0.4, -0.2) is 17.3 Å². The predicted molar refractivity (Wildman–Crippen MR) is 95.5 cm³/mol. The standard InChI is InChI=1S/C18H11BrN2O4/c1-23-12-5-6-13-14(9-16(22)24-15(13)8-12)18-20-17(21-25-18)10-3-2-4-11(19)7-10/h2-9H,1H3. The molecule has 0 aliphatic rings. The first-order valence-corrected chi connectivity index (χ1v) is 8.15. The smallest absolute Gasteiger partial charge is 0.337 e. The molecule has 25 heavy (non-hydrogen) atoms. The molecule has 0 radical (unpaired) electrons. The van der Waals surface area contributed by atoms with Gasteiger partial charge in [0, 0.05) is 27.6 Å². The number of halogens is 1. The van der Waals surface area contributed by atoms with Gasteiger partial charge in [-0.3, -0.25) is 0 Å². The molecule has 2 aromatic heterocycles. The van der Waals surface area contributed by atoms with Gasteiger partial charge in [0.2, 0.25) is 5.82 Å². The molecule has 4 rings (SSSR count). The van der Waals surface area contributed by atoms with E-state index in [0.717, 1.165) is 10.0 Å². The summed E-state index contributed by atoms with van der Waals surface area (Å²) in [5.74, 6) is 1.28. The molecule has 0 saturated carbocycles. The SMILES string of the molecule is COc1ccc2c(-c3nc(-c4cccc(Br)c4)no3)cc(=O)oc2c1. The van der Waals surface area contributed by atoms with Gasteiger partial charge in [0.1, 0.15) is 11.3 Å². The van der Waals surface area contributed by atoms with Gasteiger partial charge in [-0.15, -0.1) is 0 Å². The lowest BCUT2D eigenvalue weighted by molar-refractivity contribution is 0.414. The van der Waals surface area contributed by atoms with Gasteiger partial charge in [-0.2, -0.15) is 4.98 Å². The highest BCUT2D eigenvalue weighted by Gasteiger charge is 2.16. The third kappa shape index (κ3) is 2.94. The highest BCUT2D eigenvalue weighted by atomic mass is 79.9. The van der Waals surface area contributed by atoms with Crippen molar-refractivity contribution >= 4 is 26.9 Å². The van der Waals surface area contributed by atoms with Crippen LogP contribution in [0.3, 0.4) is 0 Å². The maximum absolute atomic E-state index is 11.9. The normalized spacial score (nSPS) is 11.0. The maximum Gasteiger partial charge on any atom is 0.337 e. The Balaban J connectivity index is 1.86. The Hall–Kier alpha value is -2.93. The van der Waals surface area contributed by atoms with E-state index in [4.69, 9.17) is 13.7 Å². The molecule has 0 aliphatic heterocycles. The molecule has 0 spiro atoms. The molecule has 0 bridgehead atoms. The van der Waals surface area contributed by atoms with Gasteiger partial charge in [0.15, 0.2) is 0 Å². The van der Waals surface area contributed by atoms with Crippen molar-refractivity contribution < 1.29 is 13.7 Å². The maximum atomic E-state index is 11.9. The van der Waals surface area contributed by atoms with Crippen LogP contribution < -0.4 is 10.4 Å². The summed E-state index contributed by atoms with van der Waals surface area (Å²) in [6.45, 7) is 0. The fraction of sp³-hybridized carbons (Fsp3) is 0.0556. The molecule has 0 N–H and O–H groups in total. The van der Waals surface area contributed by atoms with E-state index in [1.54, 1.807) is 25.3 Å². The monoisotopic (exact) mass is 398 g/mol. The zero-order valence-corrected chi connectivity index (χ0v) is 14.6. The van der Waals surface area contributed by atoms with Crippen molar-refractivity contribution in [2.75, 3.05) is 7.11 Å². The van der Waals surface area contributed by atoms with Crippen molar-refractivity contribution in [2.45, 2.75) is 0 Å². The number of fused-ring (bicyclic) bond motifs is 1. The Bertz CT molecular complexity index is 1130. The van der Waals surface area contributed by atoms with Crippen LogP contribution in [0.4, 0.5) is 0 Å². The van der Waals surface area contributed by atoms with E-state index in [0.29, 0.717) is 28.1 Å². The van der Waals surface area contributed by atoms with E-state index < -0.39 is 5.63 Å². The summed E-state index contributed by atoms with van der Waals surface area (Å²) >= 11 is 3.42. The van der Waals surface area contributed by atoms with E-state index in [2.05, 4.69) is 26.1 Å². The van der Waals surface area contributed by atoms with Crippen LogP contribution in [0.15, 0.2) is 66.7 Å². The first-order valence-electron chi connectivity index (χ1n) is 7.36. The number of hydrogen-bond donors (Lipinski definition) is 0. The summed E-state index contributed by atoms with van der Waals surface area (Å²) in [4.78, 5) is 16.3. The second-order valence-corrected chi connectivity index (χ2v) is 6.19. The molecule has 2 heterocycles. The minimum absolute atomic E-state index is 0.248. The fourth-order valence-corrected chi connectivity index (χ4v) is 2.92. The van der Waals surface area contributed by atoms with Crippen molar-refractivity contribution in [3.8, 4) is 28.6 Å². The molecule has 0 aliphatic carbocycles. The van der Waals surface area contributed by atoms with Gasteiger partial charge in [-0.1, -0.05) is 33.2 Å². The molecule has 7 heteroatoms. The highest BCUT2D eigenvalue weighted by molar-refractivity contribution is 9.10. The Morgan fingerprint density at radius 3 is 2.80 bits per heavy atom. The molecule has 4 aromatic rings. The number of hydrogen-bond acceptors (Lipinski definition) is 6. The Morgan fingerprint density at radius 1 is 1.12 bits per heavy atom. The summed E-state index contributed by atoms with van der Waals surface area (Å²) < 4.78 is 16.7. The van der Waals surface area contributed by atoms with Crippen LogP contribution in [0.5, 0.6) is 5.75 Å². The summed E-state index contributed by atoms with van der Waals surface area (Å²) in [5.41, 5.74) is 1.21. The largest absolute Gasteiger partial charge is 0.497 e. The van der Waals surface area contributed by atoms with E-state index in [1.807, 2.05) is 24.3 Å². The van der Waals surface area contributed by atoms with Crippen LogP contribution in [0.25, 0.3) is 33.8 Å². The van der Waals surface area contributed by atoms with Crippen molar-refractivity contribution in [3.63, 3.8) is 0 Å². The number of ether oxygens (including phenoxy) is 1. The fourth-order valence-electron chi connectivity index (χ4n) is 2.52. The second-order valence-electron chi connectivity index (χ2n) is 5.27. The van der Waals surface area contributed by atoms with E-state index in [-0.39, 0.29) is 5.89 Å². The quantitative estimate of drug-likeness (QED) is 0.479. The Labute approximate surface area is 150 Å². The summed E-state index contributed by atoms with van der Waals surface area (Å²) in [5, 5.41) is 4.69. The Morgan fingerprint density at radius 2 is 2.00 bits per heavy atom. The average Bonchev–Trinajstić information content (AvgIpc) is 3.10. The van der Waals surface area contributed by atoms with E-state index in [1.165, 1.54) is 6.07 Å². The van der Waals surface area contributed by atoms with Crippen molar-refractivity contribution in [3.05, 3.63) is 63.4 Å². The lowest BCUT2D eigenvalue weighted by Crippen LogP contribution is -1.98. The van der Waals surface area contributed by atoms with Crippen molar-refractivity contribution in [1.29, 1.82) is 0 Å². The van der Waals surface area contributed by atoms with Crippen molar-refractivity contribution in [1.82, 2.24) is 10.1 Å². The summed E-state index contributed by atoms with van der Waals surface area (Å²) in [7, 11) is 1.55. The van der Waals surface area contributed by atoms with Crippen LogP contribution in [-0.2, 0) is 0 Å². The van der Waals surface area contributed by atoms with Crippen LogP contribution >= 0.6 is 15.9 Å². The van der Waals surface area contributed by atoms with Gasteiger partial charge in [-0.25, -0.2) is 4.79 Å². The van der Waals surface area contributed by atoms with E-state index >= 15 is 0 Å². The van der Waals surface area contributed by atoms with Gasteiger partial charge < -0.3 is 13.7 Å². The number of benzene rings is 2. The molecular weight excluding hydrogens is 388 g/mol. The van der Waals surface area contributed by atoms with Crippen LogP contribution in [0.1, 0.15) is 0 Å². The minimum Gasteiger partial charge on any atom is -0.497 e. The average molecular weight is 399 g/mol. The third-order valence-corrected chi connectivity index (χ3v) is 4.18. The molecule has 0 atom stereocenters. The van der Waals surface area contributed by atoms with Gasteiger partial charge in [-0.05, 0) is 24.3 Å². The Kier molecular flexibility index (Phi) is 3.85. The molecule has 0 unspecified atom stereocenters. The zero-order chi connectivity index (χ0) is 17.4. The molecule has 0 saturated heterocycles. The molecule has 124 valence electrons. The molecule has 0 fully saturated rings. The van der Waals surface area contributed by atoms with E-state index in [9.17, 15) is 4.79 Å². The number of methoxy groups -OCH3 is 1. The van der Waals surface area contributed by atoms with Crippen molar-refractivity contribution in [2.24, 2.45) is 0 Å².